The van der Waals surface area contributed by atoms with E-state index < -0.39 is 0 Å². The smallest absolute Gasteiger partial charge is 0.207 e. The van der Waals surface area contributed by atoms with Gasteiger partial charge in [0.2, 0.25) is 5.78 Å². The van der Waals surface area contributed by atoms with Crippen molar-refractivity contribution in [1.29, 1.82) is 0 Å². The van der Waals surface area contributed by atoms with Gasteiger partial charge in [-0.05, 0) is 40.4 Å². The van der Waals surface area contributed by atoms with Crippen LogP contribution in [0.15, 0.2) is 21.3 Å². The maximum atomic E-state index is 12.2. The lowest BCUT2D eigenvalue weighted by Gasteiger charge is -2.00. The molecule has 0 fully saturated rings. The third kappa shape index (κ3) is 2.07. The lowest BCUT2D eigenvalue weighted by molar-refractivity contribution is 0.104. The summed E-state index contributed by atoms with van der Waals surface area (Å²) in [6, 6.07) is 3.68. The van der Waals surface area contributed by atoms with E-state index in [1.807, 2.05) is 24.4 Å². The molecule has 0 spiro atoms. The van der Waals surface area contributed by atoms with E-state index in [2.05, 4.69) is 15.9 Å². The van der Waals surface area contributed by atoms with E-state index in [1.165, 1.54) is 11.3 Å². The van der Waals surface area contributed by atoms with Crippen LogP contribution in [0.2, 0.25) is 0 Å². The van der Waals surface area contributed by atoms with E-state index in [9.17, 15) is 4.79 Å². The SMILES string of the molecule is COc1ccsc1C(=O)c1cc(Br)sc1C. The van der Waals surface area contributed by atoms with Crippen molar-refractivity contribution in [1.82, 2.24) is 0 Å². The number of rotatable bonds is 3. The third-order valence-corrected chi connectivity index (χ3v) is 4.64. The van der Waals surface area contributed by atoms with Gasteiger partial charge in [0.1, 0.15) is 10.6 Å². The predicted octanol–water partition coefficient (Wildman–Crippen LogP) is 4.12. The fourth-order valence-corrected chi connectivity index (χ4v) is 3.92. The molecule has 0 saturated heterocycles. The number of hydrogen-bond donors (Lipinski definition) is 0. The van der Waals surface area contributed by atoms with E-state index in [1.54, 1.807) is 18.4 Å². The number of carbonyl (C=O) groups excluding carboxylic acids is 1. The first-order valence-corrected chi connectivity index (χ1v) is 7.04. The van der Waals surface area contributed by atoms with Gasteiger partial charge in [0.15, 0.2) is 0 Å². The maximum absolute atomic E-state index is 12.2. The average molecular weight is 317 g/mol. The number of thiophene rings is 2. The lowest BCUT2D eigenvalue weighted by Crippen LogP contribution is -2.00. The Bertz CT molecular complexity index is 528. The highest BCUT2D eigenvalue weighted by molar-refractivity contribution is 9.11. The number of hydrogen-bond acceptors (Lipinski definition) is 4. The molecule has 0 amide bonds. The van der Waals surface area contributed by atoms with Gasteiger partial charge in [0, 0.05) is 10.4 Å². The summed E-state index contributed by atoms with van der Waals surface area (Å²) in [6.07, 6.45) is 0. The Labute approximate surface area is 110 Å². The van der Waals surface area contributed by atoms with Crippen LogP contribution in [-0.4, -0.2) is 12.9 Å². The third-order valence-electron chi connectivity index (χ3n) is 2.19. The van der Waals surface area contributed by atoms with Crippen LogP contribution in [0, 0.1) is 6.92 Å². The summed E-state index contributed by atoms with van der Waals surface area (Å²) < 4.78 is 6.13. The second-order valence-corrected chi connectivity index (χ2v) is 6.72. The summed E-state index contributed by atoms with van der Waals surface area (Å²) in [5, 5.41) is 1.86. The molecule has 0 unspecified atom stereocenters. The topological polar surface area (TPSA) is 26.3 Å². The highest BCUT2D eigenvalue weighted by Gasteiger charge is 2.19. The normalized spacial score (nSPS) is 10.4. The standard InChI is InChI=1S/C11H9BrO2S2/c1-6-7(5-9(12)16-6)10(13)11-8(14-2)3-4-15-11/h3-5H,1-2H3. The molecule has 0 aliphatic rings. The molecule has 0 aliphatic heterocycles. The zero-order chi connectivity index (χ0) is 11.7. The molecule has 0 aromatic carbocycles. The predicted molar refractivity (Wildman–Crippen MR) is 71.1 cm³/mol. The fraction of sp³-hybridized carbons (Fsp3) is 0.182. The molecular weight excluding hydrogens is 308 g/mol. The van der Waals surface area contributed by atoms with Crippen LogP contribution < -0.4 is 4.74 Å². The maximum Gasteiger partial charge on any atom is 0.207 e. The molecule has 2 heterocycles. The molecule has 5 heteroatoms. The Kier molecular flexibility index (Phi) is 3.47. The van der Waals surface area contributed by atoms with E-state index >= 15 is 0 Å². The molecule has 0 radical (unpaired) electrons. The molecule has 2 aromatic rings. The van der Waals surface area contributed by atoms with Gasteiger partial charge in [0.05, 0.1) is 10.9 Å². The summed E-state index contributed by atoms with van der Waals surface area (Å²) in [7, 11) is 1.58. The van der Waals surface area contributed by atoms with Crippen LogP contribution >= 0.6 is 38.6 Å². The zero-order valence-electron chi connectivity index (χ0n) is 8.74. The van der Waals surface area contributed by atoms with Crippen LogP contribution in [0.4, 0.5) is 0 Å². The number of ether oxygens (including phenoxy) is 1. The van der Waals surface area contributed by atoms with E-state index in [0.717, 1.165) is 14.2 Å². The van der Waals surface area contributed by atoms with Crippen LogP contribution in [0.3, 0.4) is 0 Å². The number of carbonyl (C=O) groups is 1. The van der Waals surface area contributed by atoms with Crippen molar-refractivity contribution in [2.24, 2.45) is 0 Å². The number of aryl methyl sites for hydroxylation is 1. The quantitative estimate of drug-likeness (QED) is 0.796. The molecular formula is C11H9BrO2S2. The molecule has 16 heavy (non-hydrogen) atoms. The molecule has 2 aromatic heterocycles. The van der Waals surface area contributed by atoms with Gasteiger partial charge < -0.3 is 4.74 Å². The summed E-state index contributed by atoms with van der Waals surface area (Å²) in [6.45, 7) is 1.95. The first kappa shape index (κ1) is 11.8. The van der Waals surface area contributed by atoms with Crippen molar-refractivity contribution >= 4 is 44.4 Å². The summed E-state index contributed by atoms with van der Waals surface area (Å²) in [5.41, 5.74) is 0.748. The van der Waals surface area contributed by atoms with Crippen molar-refractivity contribution in [2.75, 3.05) is 7.11 Å². The van der Waals surface area contributed by atoms with Crippen LogP contribution in [-0.2, 0) is 0 Å². The minimum absolute atomic E-state index is 0.0336. The molecule has 2 rings (SSSR count). The highest BCUT2D eigenvalue weighted by Crippen LogP contribution is 2.32. The Morgan fingerprint density at radius 2 is 2.25 bits per heavy atom. The van der Waals surface area contributed by atoms with Gasteiger partial charge in [-0.2, -0.15) is 0 Å². The number of ketones is 1. The summed E-state index contributed by atoms with van der Waals surface area (Å²) in [5.74, 6) is 0.683. The molecule has 0 atom stereocenters. The Morgan fingerprint density at radius 1 is 1.50 bits per heavy atom. The van der Waals surface area contributed by atoms with Crippen LogP contribution in [0.25, 0.3) is 0 Å². The van der Waals surface area contributed by atoms with Crippen LogP contribution in [0.1, 0.15) is 20.1 Å². The first-order valence-electron chi connectivity index (χ1n) is 4.55. The number of methoxy groups -OCH3 is 1. The van der Waals surface area contributed by atoms with Crippen molar-refractivity contribution < 1.29 is 9.53 Å². The van der Waals surface area contributed by atoms with Gasteiger partial charge in [-0.3, -0.25) is 4.79 Å². The van der Waals surface area contributed by atoms with Crippen molar-refractivity contribution in [3.8, 4) is 5.75 Å². The monoisotopic (exact) mass is 316 g/mol. The Hall–Kier alpha value is -0.650. The van der Waals surface area contributed by atoms with Gasteiger partial charge in [0.25, 0.3) is 0 Å². The van der Waals surface area contributed by atoms with E-state index in [0.29, 0.717) is 10.6 Å². The Morgan fingerprint density at radius 3 is 2.81 bits per heavy atom. The largest absolute Gasteiger partial charge is 0.495 e. The van der Waals surface area contributed by atoms with Crippen molar-refractivity contribution in [3.63, 3.8) is 0 Å². The van der Waals surface area contributed by atoms with Gasteiger partial charge in [-0.1, -0.05) is 0 Å². The van der Waals surface area contributed by atoms with Gasteiger partial charge >= 0.3 is 0 Å². The summed E-state index contributed by atoms with van der Waals surface area (Å²) in [4.78, 5) is 13.9. The first-order chi connectivity index (χ1) is 7.63. The minimum atomic E-state index is 0.0336. The highest BCUT2D eigenvalue weighted by atomic mass is 79.9. The molecule has 84 valence electrons. The Balaban J connectivity index is 2.43. The molecule has 0 saturated carbocycles. The second kappa shape index (κ2) is 4.69. The van der Waals surface area contributed by atoms with E-state index in [4.69, 9.17) is 4.74 Å². The van der Waals surface area contributed by atoms with Crippen LogP contribution in [0.5, 0.6) is 5.75 Å². The second-order valence-electron chi connectivity index (χ2n) is 3.17. The summed E-state index contributed by atoms with van der Waals surface area (Å²) >= 11 is 6.37. The van der Waals surface area contributed by atoms with Gasteiger partial charge in [-0.25, -0.2) is 0 Å². The number of halogens is 1. The lowest BCUT2D eigenvalue weighted by atomic mass is 10.1. The van der Waals surface area contributed by atoms with E-state index in [-0.39, 0.29) is 5.78 Å². The van der Waals surface area contributed by atoms with Gasteiger partial charge in [-0.15, -0.1) is 22.7 Å². The average Bonchev–Trinajstić information content (AvgIpc) is 2.83. The van der Waals surface area contributed by atoms with Crippen molar-refractivity contribution in [3.05, 3.63) is 36.6 Å². The minimum Gasteiger partial charge on any atom is -0.495 e. The molecule has 0 aliphatic carbocycles. The van der Waals surface area contributed by atoms with Crippen molar-refractivity contribution in [2.45, 2.75) is 6.92 Å². The fourth-order valence-electron chi connectivity index (χ4n) is 1.42. The molecule has 0 bridgehead atoms. The zero-order valence-corrected chi connectivity index (χ0v) is 12.0. The molecule has 0 N–H and O–H groups in total. The molecule has 2 nitrogen and oxygen atoms in total.